The van der Waals surface area contributed by atoms with Crippen LogP contribution in [0.2, 0.25) is 0 Å². The molecule has 1 amide bonds. The van der Waals surface area contributed by atoms with Crippen molar-refractivity contribution in [1.29, 1.82) is 0 Å². The molecular weight excluding hydrogens is 396 g/mol. The molecule has 0 atom stereocenters. The number of hydrogen-bond acceptors (Lipinski definition) is 6. The van der Waals surface area contributed by atoms with Gasteiger partial charge in [0.05, 0.1) is 6.42 Å². The molecule has 1 aliphatic heterocycles. The van der Waals surface area contributed by atoms with Gasteiger partial charge in [-0.15, -0.1) is 0 Å². The van der Waals surface area contributed by atoms with E-state index >= 15 is 0 Å². The first-order valence-corrected chi connectivity index (χ1v) is 9.65. The van der Waals surface area contributed by atoms with E-state index < -0.39 is 0 Å². The van der Waals surface area contributed by atoms with Crippen LogP contribution in [0, 0.1) is 0 Å². The fraction of sp³-hybridized carbons (Fsp3) is 0.0870. The lowest BCUT2D eigenvalue weighted by molar-refractivity contribution is -0.115. The number of carbonyl (C=O) groups excluding carboxylic acids is 1. The van der Waals surface area contributed by atoms with Crippen LogP contribution in [0.1, 0.15) is 5.56 Å². The fourth-order valence-corrected chi connectivity index (χ4v) is 3.18. The number of aromatic nitrogens is 3. The molecule has 0 radical (unpaired) electrons. The number of rotatable bonds is 6. The Morgan fingerprint density at radius 1 is 1.00 bits per heavy atom. The van der Waals surface area contributed by atoms with Gasteiger partial charge in [0, 0.05) is 24.1 Å². The highest BCUT2D eigenvalue weighted by molar-refractivity contribution is 5.92. The van der Waals surface area contributed by atoms with Gasteiger partial charge in [-0.05, 0) is 54.1 Å². The molecule has 0 saturated carbocycles. The largest absolute Gasteiger partial charge is 0.454 e. The summed E-state index contributed by atoms with van der Waals surface area (Å²) < 4.78 is 18.3. The minimum Gasteiger partial charge on any atom is -0.454 e. The van der Waals surface area contributed by atoms with Crippen LogP contribution in [0.4, 0.5) is 5.69 Å². The Morgan fingerprint density at radius 3 is 2.65 bits per heavy atom. The molecule has 4 aromatic rings. The highest BCUT2D eigenvalue weighted by atomic mass is 16.7. The Balaban J connectivity index is 1.20. The second-order valence-corrected chi connectivity index (χ2v) is 6.84. The van der Waals surface area contributed by atoms with Crippen molar-refractivity contribution in [2.45, 2.75) is 6.42 Å². The van der Waals surface area contributed by atoms with Gasteiger partial charge < -0.3 is 24.1 Å². The van der Waals surface area contributed by atoms with E-state index in [0.717, 1.165) is 5.56 Å². The van der Waals surface area contributed by atoms with Crippen molar-refractivity contribution in [3.05, 3.63) is 84.9 Å². The smallest absolute Gasteiger partial charge is 0.231 e. The molecule has 0 fully saturated rings. The Morgan fingerprint density at radius 2 is 1.81 bits per heavy atom. The van der Waals surface area contributed by atoms with Gasteiger partial charge in [0.15, 0.2) is 11.5 Å². The van der Waals surface area contributed by atoms with E-state index in [1.54, 1.807) is 30.3 Å². The molecular formula is C23H18N4O4. The lowest BCUT2D eigenvalue weighted by Gasteiger charge is -2.09. The maximum absolute atomic E-state index is 12.4. The number of amides is 1. The zero-order valence-electron chi connectivity index (χ0n) is 16.4. The predicted octanol–water partition coefficient (Wildman–Crippen LogP) is 3.97. The fourth-order valence-electron chi connectivity index (χ4n) is 3.18. The normalized spacial score (nSPS) is 11.9. The lowest BCUT2D eigenvalue weighted by atomic mass is 10.1. The van der Waals surface area contributed by atoms with Crippen LogP contribution >= 0.6 is 0 Å². The molecule has 0 saturated heterocycles. The number of carbonyl (C=O) groups is 1. The molecule has 31 heavy (non-hydrogen) atoms. The van der Waals surface area contributed by atoms with E-state index in [1.165, 1.54) is 6.33 Å². The number of nitrogens with one attached hydrogen (secondary N) is 1. The van der Waals surface area contributed by atoms with E-state index in [9.17, 15) is 4.79 Å². The van der Waals surface area contributed by atoms with E-state index in [4.69, 9.17) is 14.2 Å². The van der Waals surface area contributed by atoms with Crippen molar-refractivity contribution in [2.75, 3.05) is 12.1 Å². The zero-order valence-corrected chi connectivity index (χ0v) is 16.4. The van der Waals surface area contributed by atoms with Crippen molar-refractivity contribution >= 4 is 11.6 Å². The van der Waals surface area contributed by atoms with Gasteiger partial charge in [-0.2, -0.15) is 0 Å². The molecule has 0 aliphatic carbocycles. The van der Waals surface area contributed by atoms with Gasteiger partial charge in [0.1, 0.15) is 17.9 Å². The number of fused-ring (bicyclic) bond motifs is 1. The summed E-state index contributed by atoms with van der Waals surface area (Å²) in [6.07, 6.45) is 5.48. The van der Waals surface area contributed by atoms with Crippen molar-refractivity contribution in [3.63, 3.8) is 0 Å². The standard InChI is InChI=1S/C23H18N4O4/c28-22(12-16-3-8-19-20(11-16)30-15-29-19)26-17-4-6-18(7-5-17)31-23-13-21(24-14-25-23)27-9-1-2-10-27/h1-11,13-14H,12,15H2,(H,26,28). The molecule has 2 aromatic carbocycles. The lowest BCUT2D eigenvalue weighted by Crippen LogP contribution is -2.14. The summed E-state index contributed by atoms with van der Waals surface area (Å²) >= 11 is 0. The number of anilines is 1. The van der Waals surface area contributed by atoms with Crippen molar-refractivity contribution in [3.8, 4) is 28.9 Å². The first kappa shape index (κ1) is 18.7. The molecule has 0 unspecified atom stereocenters. The van der Waals surface area contributed by atoms with Gasteiger partial charge in [-0.1, -0.05) is 6.07 Å². The maximum Gasteiger partial charge on any atom is 0.231 e. The van der Waals surface area contributed by atoms with Crippen molar-refractivity contribution < 1.29 is 19.0 Å². The maximum atomic E-state index is 12.4. The third kappa shape index (κ3) is 4.32. The van der Waals surface area contributed by atoms with Crippen molar-refractivity contribution in [2.24, 2.45) is 0 Å². The summed E-state index contributed by atoms with van der Waals surface area (Å²) in [7, 11) is 0. The van der Waals surface area contributed by atoms with Crippen LogP contribution in [0.25, 0.3) is 5.82 Å². The summed E-state index contributed by atoms with van der Waals surface area (Å²) in [6.45, 7) is 0.210. The van der Waals surface area contributed by atoms with Gasteiger partial charge in [0.25, 0.3) is 0 Å². The Kier molecular flexibility index (Phi) is 4.94. The van der Waals surface area contributed by atoms with E-state index in [1.807, 2.05) is 47.3 Å². The SMILES string of the molecule is O=C(Cc1ccc2c(c1)OCO2)Nc1ccc(Oc2cc(-n3cccc3)ncn2)cc1. The average molecular weight is 414 g/mol. The van der Waals surface area contributed by atoms with Gasteiger partial charge in [-0.3, -0.25) is 4.79 Å². The topological polar surface area (TPSA) is 87.5 Å². The minimum atomic E-state index is -0.125. The number of benzene rings is 2. The first-order valence-electron chi connectivity index (χ1n) is 9.65. The molecule has 5 rings (SSSR count). The molecule has 3 heterocycles. The second-order valence-electron chi connectivity index (χ2n) is 6.84. The van der Waals surface area contributed by atoms with E-state index in [2.05, 4.69) is 15.3 Å². The van der Waals surface area contributed by atoms with Gasteiger partial charge >= 0.3 is 0 Å². The third-order valence-corrected chi connectivity index (χ3v) is 4.66. The van der Waals surface area contributed by atoms with Crippen molar-refractivity contribution in [1.82, 2.24) is 14.5 Å². The molecule has 1 N–H and O–H groups in total. The van der Waals surface area contributed by atoms with Crippen LogP contribution in [0.5, 0.6) is 23.1 Å². The number of nitrogens with zero attached hydrogens (tertiary/aromatic N) is 3. The van der Waals surface area contributed by atoms with Gasteiger partial charge in [0.2, 0.25) is 18.6 Å². The zero-order chi connectivity index (χ0) is 21.0. The van der Waals surface area contributed by atoms with Crippen LogP contribution in [0.3, 0.4) is 0 Å². The first-order chi connectivity index (χ1) is 15.2. The van der Waals surface area contributed by atoms with Crippen LogP contribution in [-0.4, -0.2) is 27.2 Å². The molecule has 2 aromatic heterocycles. The monoisotopic (exact) mass is 414 g/mol. The van der Waals surface area contributed by atoms with E-state index in [-0.39, 0.29) is 19.1 Å². The predicted molar refractivity (Wildman–Crippen MR) is 113 cm³/mol. The summed E-state index contributed by atoms with van der Waals surface area (Å²) in [5.74, 6) is 2.98. The highest BCUT2D eigenvalue weighted by Crippen LogP contribution is 2.32. The summed E-state index contributed by atoms with van der Waals surface area (Å²) in [5.41, 5.74) is 1.53. The molecule has 154 valence electrons. The quantitative estimate of drug-likeness (QED) is 0.514. The summed E-state index contributed by atoms with van der Waals surface area (Å²) in [5, 5.41) is 2.88. The molecule has 0 bridgehead atoms. The molecule has 8 nitrogen and oxygen atoms in total. The highest BCUT2D eigenvalue weighted by Gasteiger charge is 2.14. The third-order valence-electron chi connectivity index (χ3n) is 4.66. The van der Waals surface area contributed by atoms with Crippen LogP contribution in [0.15, 0.2) is 79.4 Å². The second kappa shape index (κ2) is 8.19. The molecule has 0 spiro atoms. The van der Waals surface area contributed by atoms with Crippen LogP contribution < -0.4 is 19.5 Å². The number of ether oxygens (including phenoxy) is 3. The summed E-state index contributed by atoms with van der Waals surface area (Å²) in [6, 6.07) is 18.2. The number of hydrogen-bond donors (Lipinski definition) is 1. The molecule has 8 heteroatoms. The summed E-state index contributed by atoms with van der Waals surface area (Å²) in [4.78, 5) is 20.8. The van der Waals surface area contributed by atoms with E-state index in [0.29, 0.717) is 34.6 Å². The molecule has 1 aliphatic rings. The minimum absolute atomic E-state index is 0.125. The Labute approximate surface area is 178 Å². The Bertz CT molecular complexity index is 1210. The van der Waals surface area contributed by atoms with Gasteiger partial charge in [-0.25, -0.2) is 9.97 Å². The van der Waals surface area contributed by atoms with Crippen LogP contribution in [-0.2, 0) is 11.2 Å². The average Bonchev–Trinajstić information content (AvgIpc) is 3.47. The Hall–Kier alpha value is -4.33.